The van der Waals surface area contributed by atoms with Crippen LogP contribution in [-0.4, -0.2) is 27.8 Å². The third-order valence-electron chi connectivity index (χ3n) is 1.99. The van der Waals surface area contributed by atoms with Gasteiger partial charge >= 0.3 is 5.97 Å². The molecule has 0 aromatic carbocycles. The zero-order valence-corrected chi connectivity index (χ0v) is 8.96. The van der Waals surface area contributed by atoms with Gasteiger partial charge in [0.2, 0.25) is 7.37 Å². The lowest BCUT2D eigenvalue weighted by molar-refractivity contribution is -0.137. The van der Waals surface area contributed by atoms with Crippen LogP contribution in [0.5, 0.6) is 0 Å². The topological polar surface area (TPSA) is 74.6 Å². The molecule has 0 aromatic heterocycles. The maximum Gasteiger partial charge on any atom is 0.304 e. The average Bonchev–Trinajstić information content (AvgIpc) is 1.99. The molecule has 0 saturated carbocycles. The van der Waals surface area contributed by atoms with Crippen LogP contribution in [0.2, 0.25) is 0 Å². The average molecular weight is 208 g/mol. The van der Waals surface area contributed by atoms with Gasteiger partial charge in [0.1, 0.15) is 0 Å². The number of rotatable bonds is 6. The molecule has 78 valence electrons. The molecular weight excluding hydrogens is 191 g/mol. The molecule has 0 rings (SSSR count). The summed E-state index contributed by atoms with van der Waals surface area (Å²) in [5.74, 6) is -1.02. The normalized spacial score (nSPS) is 17.8. The van der Waals surface area contributed by atoms with Crippen LogP contribution in [0, 0.1) is 0 Å². The van der Waals surface area contributed by atoms with E-state index in [0.717, 1.165) is 6.42 Å². The van der Waals surface area contributed by atoms with Crippen LogP contribution in [0.4, 0.5) is 0 Å². The summed E-state index contributed by atoms with van der Waals surface area (Å²) in [7, 11) is -3.23. The van der Waals surface area contributed by atoms with Crippen LogP contribution in [0.1, 0.15) is 33.1 Å². The van der Waals surface area contributed by atoms with Crippen LogP contribution < -0.4 is 0 Å². The van der Waals surface area contributed by atoms with Crippen LogP contribution >= 0.6 is 7.37 Å². The fourth-order valence-electron chi connectivity index (χ4n) is 1.00. The molecule has 5 heteroatoms. The van der Waals surface area contributed by atoms with Crippen molar-refractivity contribution in [1.29, 1.82) is 0 Å². The van der Waals surface area contributed by atoms with Gasteiger partial charge in [-0.1, -0.05) is 20.3 Å². The Kier molecular flexibility index (Phi) is 5.26. The first-order valence-corrected chi connectivity index (χ1v) is 6.34. The molecule has 0 spiro atoms. The Morgan fingerprint density at radius 1 is 1.54 bits per heavy atom. The van der Waals surface area contributed by atoms with E-state index < -0.39 is 19.0 Å². The summed E-state index contributed by atoms with van der Waals surface area (Å²) in [6.45, 7) is 3.45. The van der Waals surface area contributed by atoms with Gasteiger partial charge in [-0.25, -0.2) is 0 Å². The molecule has 2 N–H and O–H groups in total. The summed E-state index contributed by atoms with van der Waals surface area (Å²) in [5, 5.41) is 8.44. The van der Waals surface area contributed by atoms with Crippen LogP contribution in [0.3, 0.4) is 0 Å². The van der Waals surface area contributed by atoms with E-state index in [1.165, 1.54) is 6.92 Å². The number of hydrogen-bond donors (Lipinski definition) is 2. The van der Waals surface area contributed by atoms with Gasteiger partial charge in [-0.2, -0.15) is 0 Å². The molecule has 2 unspecified atom stereocenters. The van der Waals surface area contributed by atoms with Gasteiger partial charge in [0.25, 0.3) is 0 Å². The summed E-state index contributed by atoms with van der Waals surface area (Å²) < 4.78 is 11.5. The largest absolute Gasteiger partial charge is 0.481 e. The van der Waals surface area contributed by atoms with Gasteiger partial charge in [0, 0.05) is 11.8 Å². The quantitative estimate of drug-likeness (QED) is 0.654. The third-order valence-corrected chi connectivity index (χ3v) is 4.51. The maximum atomic E-state index is 11.5. The van der Waals surface area contributed by atoms with Crippen molar-refractivity contribution in [3.05, 3.63) is 0 Å². The van der Waals surface area contributed by atoms with Crippen molar-refractivity contribution < 1.29 is 19.4 Å². The van der Waals surface area contributed by atoms with Gasteiger partial charge in [-0.05, 0) is 6.42 Å². The van der Waals surface area contributed by atoms with Gasteiger partial charge in [-0.15, -0.1) is 0 Å². The number of aliphatic carboxylic acids is 1. The van der Waals surface area contributed by atoms with Crippen LogP contribution in [0.25, 0.3) is 0 Å². The highest BCUT2D eigenvalue weighted by Gasteiger charge is 2.27. The molecule has 2 atom stereocenters. The Hall–Kier alpha value is -0.340. The molecule has 4 nitrogen and oxygen atoms in total. The van der Waals surface area contributed by atoms with Gasteiger partial charge < -0.3 is 10.00 Å². The fourth-order valence-corrected chi connectivity index (χ4v) is 2.65. The smallest absolute Gasteiger partial charge is 0.304 e. The molecular formula is C8H17O4P. The zero-order chi connectivity index (χ0) is 10.5. The number of carboxylic acids is 1. The van der Waals surface area contributed by atoms with Gasteiger partial charge in [0.05, 0.1) is 6.42 Å². The lowest BCUT2D eigenvalue weighted by Crippen LogP contribution is -2.12. The van der Waals surface area contributed by atoms with E-state index in [1.807, 2.05) is 6.92 Å². The minimum Gasteiger partial charge on any atom is -0.481 e. The van der Waals surface area contributed by atoms with Crippen molar-refractivity contribution in [2.45, 2.75) is 38.8 Å². The van der Waals surface area contributed by atoms with Crippen molar-refractivity contribution in [2.75, 3.05) is 6.16 Å². The highest BCUT2D eigenvalue weighted by Crippen LogP contribution is 2.48. The lowest BCUT2D eigenvalue weighted by Gasteiger charge is -2.16. The van der Waals surface area contributed by atoms with Crippen LogP contribution in [0.15, 0.2) is 0 Å². The molecule has 0 radical (unpaired) electrons. The lowest BCUT2D eigenvalue weighted by atomic mass is 10.3. The predicted molar refractivity (Wildman–Crippen MR) is 51.3 cm³/mol. The highest BCUT2D eigenvalue weighted by atomic mass is 31.2. The fraction of sp³-hybridized carbons (Fsp3) is 0.875. The Bertz CT molecular complexity index is 214. The molecule has 0 bridgehead atoms. The second-order valence-electron chi connectivity index (χ2n) is 3.28. The van der Waals surface area contributed by atoms with Crippen molar-refractivity contribution in [2.24, 2.45) is 0 Å². The minimum atomic E-state index is -3.23. The highest BCUT2D eigenvalue weighted by molar-refractivity contribution is 7.58. The van der Waals surface area contributed by atoms with E-state index in [9.17, 15) is 14.3 Å². The van der Waals surface area contributed by atoms with E-state index in [1.54, 1.807) is 0 Å². The molecule has 0 amide bonds. The van der Waals surface area contributed by atoms with Crippen molar-refractivity contribution in [3.8, 4) is 0 Å². The van der Waals surface area contributed by atoms with Gasteiger partial charge in [0.15, 0.2) is 0 Å². The molecule has 0 heterocycles. The standard InChI is InChI=1S/C8H17O4P/c1-3-4-5-13(11,12)7(2)6-8(9)10/h7H,3-6H2,1-2H3,(H,9,10)(H,11,12). The number of carbonyl (C=O) groups is 1. The maximum absolute atomic E-state index is 11.5. The van der Waals surface area contributed by atoms with E-state index in [4.69, 9.17) is 5.11 Å². The van der Waals surface area contributed by atoms with Crippen LogP contribution in [-0.2, 0) is 9.36 Å². The predicted octanol–water partition coefficient (Wildman–Crippen LogP) is 1.92. The molecule has 0 aliphatic rings. The minimum absolute atomic E-state index is 0.225. The summed E-state index contributed by atoms with van der Waals surface area (Å²) in [4.78, 5) is 19.8. The summed E-state index contributed by atoms with van der Waals surface area (Å²) in [5.41, 5.74) is -0.628. The van der Waals surface area contributed by atoms with Gasteiger partial charge in [-0.3, -0.25) is 9.36 Å². The molecule has 0 fully saturated rings. The Labute approximate surface area is 78.4 Å². The Balaban J connectivity index is 4.10. The number of carboxylic acid groups (broad SMARTS) is 1. The van der Waals surface area contributed by atoms with Crippen molar-refractivity contribution in [1.82, 2.24) is 0 Å². The Morgan fingerprint density at radius 2 is 2.08 bits per heavy atom. The monoisotopic (exact) mass is 208 g/mol. The molecule has 0 saturated heterocycles. The molecule has 0 aromatic rings. The number of unbranched alkanes of at least 4 members (excludes halogenated alkanes) is 1. The first-order chi connectivity index (χ1) is 5.90. The summed E-state index contributed by atoms with van der Waals surface area (Å²) in [6.07, 6.45) is 1.54. The third kappa shape index (κ3) is 5.06. The molecule has 13 heavy (non-hydrogen) atoms. The number of hydrogen-bond acceptors (Lipinski definition) is 2. The second-order valence-corrected chi connectivity index (χ2v) is 6.12. The first kappa shape index (κ1) is 12.7. The van der Waals surface area contributed by atoms with E-state index in [-0.39, 0.29) is 12.6 Å². The Morgan fingerprint density at radius 3 is 2.46 bits per heavy atom. The summed E-state index contributed by atoms with van der Waals surface area (Å²) >= 11 is 0. The second kappa shape index (κ2) is 5.40. The van der Waals surface area contributed by atoms with Crippen molar-refractivity contribution >= 4 is 13.3 Å². The summed E-state index contributed by atoms with van der Waals surface area (Å²) in [6, 6.07) is 0. The SMILES string of the molecule is CCCCP(=O)(O)C(C)CC(=O)O. The van der Waals surface area contributed by atoms with E-state index >= 15 is 0 Å². The first-order valence-electron chi connectivity index (χ1n) is 4.43. The van der Waals surface area contributed by atoms with E-state index in [2.05, 4.69) is 0 Å². The van der Waals surface area contributed by atoms with E-state index in [0.29, 0.717) is 6.42 Å². The molecule has 0 aliphatic heterocycles. The molecule has 0 aliphatic carbocycles. The van der Waals surface area contributed by atoms with Crippen molar-refractivity contribution in [3.63, 3.8) is 0 Å². The zero-order valence-electron chi connectivity index (χ0n) is 8.06.